The summed E-state index contributed by atoms with van der Waals surface area (Å²) >= 11 is 11.7. The summed E-state index contributed by atoms with van der Waals surface area (Å²) in [5, 5.41) is 15.8. The van der Waals surface area contributed by atoms with Gasteiger partial charge in [-0.2, -0.15) is 0 Å². The van der Waals surface area contributed by atoms with Crippen molar-refractivity contribution in [1.29, 1.82) is 0 Å². The lowest BCUT2D eigenvalue weighted by Gasteiger charge is -2.07. The molecule has 0 fully saturated rings. The Balaban J connectivity index is 0.000000346. The Kier molecular flexibility index (Phi) is 7.21. The van der Waals surface area contributed by atoms with Crippen molar-refractivity contribution in [2.24, 2.45) is 0 Å². The molecule has 2 N–H and O–H groups in total. The first-order valence-electron chi connectivity index (χ1n) is 5.90. The number of ether oxygens (including phenoxy) is 1. The third-order valence-corrected chi connectivity index (χ3v) is 2.99. The van der Waals surface area contributed by atoms with E-state index in [2.05, 4.69) is 4.98 Å². The van der Waals surface area contributed by atoms with E-state index in [1.807, 2.05) is 10.8 Å². The minimum absolute atomic E-state index is 0.502. The molecule has 0 spiro atoms. The monoisotopic (exact) mass is 346 g/mol. The number of nitrogens with zero attached hydrogens (tertiary/aromatic N) is 2. The standard InChI is InChI=1S/C11H10Cl2N2O.C2H2O4/c12-10-2-1-9(7-11(10)13)16-6-5-15-4-3-14-8-15;3-1(4)2(5)6/h1-4,7-8H,5-6H2;(H,3,4)(H,5,6). The van der Waals surface area contributed by atoms with Gasteiger partial charge in [0.25, 0.3) is 0 Å². The SMILES string of the molecule is Clc1ccc(OCCn2ccnc2)cc1Cl.O=C(O)C(=O)O. The zero-order chi connectivity index (χ0) is 16.5. The number of carboxylic acids is 2. The number of hydrogen-bond donors (Lipinski definition) is 2. The topological polar surface area (TPSA) is 102 Å². The van der Waals surface area contributed by atoms with Crippen LogP contribution in [-0.4, -0.2) is 38.3 Å². The van der Waals surface area contributed by atoms with Gasteiger partial charge in [-0.25, -0.2) is 14.6 Å². The fourth-order valence-electron chi connectivity index (χ4n) is 1.25. The third kappa shape index (κ3) is 6.47. The van der Waals surface area contributed by atoms with Gasteiger partial charge in [0.1, 0.15) is 12.4 Å². The van der Waals surface area contributed by atoms with E-state index in [4.69, 9.17) is 47.7 Å². The van der Waals surface area contributed by atoms with E-state index in [-0.39, 0.29) is 0 Å². The first-order chi connectivity index (χ1) is 10.4. The zero-order valence-corrected chi connectivity index (χ0v) is 12.7. The van der Waals surface area contributed by atoms with Gasteiger partial charge in [0.2, 0.25) is 0 Å². The molecule has 0 amide bonds. The maximum absolute atomic E-state index is 9.10. The molecule has 0 radical (unpaired) electrons. The predicted molar refractivity (Wildman–Crippen MR) is 79.5 cm³/mol. The molecule has 9 heteroatoms. The van der Waals surface area contributed by atoms with Crippen LogP contribution in [0.5, 0.6) is 5.75 Å². The number of rotatable bonds is 4. The van der Waals surface area contributed by atoms with E-state index in [0.29, 0.717) is 16.7 Å². The Hall–Kier alpha value is -2.25. The number of carboxylic acid groups (broad SMARTS) is 2. The van der Waals surface area contributed by atoms with Gasteiger partial charge in [-0.15, -0.1) is 0 Å². The molecule has 2 aromatic rings. The highest BCUT2D eigenvalue weighted by molar-refractivity contribution is 6.42. The second-order valence-electron chi connectivity index (χ2n) is 3.84. The van der Waals surface area contributed by atoms with Crippen molar-refractivity contribution in [2.75, 3.05) is 6.61 Å². The maximum Gasteiger partial charge on any atom is 0.414 e. The molecule has 0 unspecified atom stereocenters. The minimum Gasteiger partial charge on any atom is -0.492 e. The summed E-state index contributed by atoms with van der Waals surface area (Å²) in [5.41, 5.74) is 0. The van der Waals surface area contributed by atoms with Gasteiger partial charge in [-0.3, -0.25) is 0 Å². The Morgan fingerprint density at radius 1 is 1.18 bits per heavy atom. The predicted octanol–water partition coefficient (Wildman–Crippen LogP) is 2.42. The number of imidazole rings is 1. The maximum atomic E-state index is 9.10. The molecule has 2 rings (SSSR count). The highest BCUT2D eigenvalue weighted by Gasteiger charge is 2.04. The summed E-state index contributed by atoms with van der Waals surface area (Å²) in [6.07, 6.45) is 5.37. The number of aliphatic carboxylic acids is 2. The number of carbonyl (C=O) groups is 2. The van der Waals surface area contributed by atoms with Gasteiger partial charge < -0.3 is 19.5 Å². The van der Waals surface area contributed by atoms with Crippen molar-refractivity contribution in [3.05, 3.63) is 47.0 Å². The molecule has 0 aliphatic carbocycles. The van der Waals surface area contributed by atoms with E-state index in [0.717, 1.165) is 12.3 Å². The van der Waals surface area contributed by atoms with Crippen LogP contribution in [0.4, 0.5) is 0 Å². The zero-order valence-electron chi connectivity index (χ0n) is 11.1. The van der Waals surface area contributed by atoms with Crippen LogP contribution in [0.3, 0.4) is 0 Å². The molecule has 0 aliphatic rings. The highest BCUT2D eigenvalue weighted by Crippen LogP contribution is 2.26. The van der Waals surface area contributed by atoms with Gasteiger partial charge in [-0.1, -0.05) is 23.2 Å². The Morgan fingerprint density at radius 2 is 1.86 bits per heavy atom. The van der Waals surface area contributed by atoms with Crippen LogP contribution in [0.2, 0.25) is 10.0 Å². The van der Waals surface area contributed by atoms with Crippen LogP contribution in [0.15, 0.2) is 36.9 Å². The summed E-state index contributed by atoms with van der Waals surface area (Å²) in [6, 6.07) is 5.22. The fourth-order valence-corrected chi connectivity index (χ4v) is 1.54. The lowest BCUT2D eigenvalue weighted by Crippen LogP contribution is -2.09. The van der Waals surface area contributed by atoms with Gasteiger partial charge in [0.05, 0.1) is 22.9 Å². The van der Waals surface area contributed by atoms with Crippen LogP contribution in [0.25, 0.3) is 0 Å². The van der Waals surface area contributed by atoms with Gasteiger partial charge in [-0.05, 0) is 12.1 Å². The van der Waals surface area contributed by atoms with Crippen LogP contribution in [0, 0.1) is 0 Å². The molecule has 1 aromatic heterocycles. The minimum atomic E-state index is -1.82. The van der Waals surface area contributed by atoms with Crippen LogP contribution >= 0.6 is 23.2 Å². The summed E-state index contributed by atoms with van der Waals surface area (Å²) in [5.74, 6) is -2.93. The molecule has 22 heavy (non-hydrogen) atoms. The van der Waals surface area contributed by atoms with Gasteiger partial charge in [0.15, 0.2) is 0 Å². The van der Waals surface area contributed by atoms with E-state index in [1.54, 1.807) is 30.7 Å². The second-order valence-corrected chi connectivity index (χ2v) is 4.65. The Labute approximate surface area is 135 Å². The molecule has 0 saturated heterocycles. The smallest absolute Gasteiger partial charge is 0.414 e. The largest absolute Gasteiger partial charge is 0.492 e. The summed E-state index contributed by atoms with van der Waals surface area (Å²) < 4.78 is 7.47. The van der Waals surface area contributed by atoms with Crippen LogP contribution < -0.4 is 4.74 Å². The number of aromatic nitrogens is 2. The molecule has 0 bridgehead atoms. The Morgan fingerprint density at radius 3 is 2.36 bits per heavy atom. The van der Waals surface area contributed by atoms with Gasteiger partial charge >= 0.3 is 11.9 Å². The van der Waals surface area contributed by atoms with E-state index in [1.165, 1.54) is 0 Å². The van der Waals surface area contributed by atoms with E-state index in [9.17, 15) is 0 Å². The average molecular weight is 347 g/mol. The molecular weight excluding hydrogens is 335 g/mol. The quantitative estimate of drug-likeness (QED) is 0.824. The number of hydrogen-bond acceptors (Lipinski definition) is 4. The third-order valence-electron chi connectivity index (χ3n) is 2.25. The summed E-state index contributed by atoms with van der Waals surface area (Å²) in [4.78, 5) is 22.1. The van der Waals surface area contributed by atoms with Gasteiger partial charge in [0, 0.05) is 18.5 Å². The van der Waals surface area contributed by atoms with Crippen molar-refractivity contribution in [3.63, 3.8) is 0 Å². The molecule has 0 saturated carbocycles. The fraction of sp³-hybridized carbons (Fsp3) is 0.154. The lowest BCUT2D eigenvalue weighted by molar-refractivity contribution is -0.159. The van der Waals surface area contributed by atoms with Crippen LogP contribution in [0.1, 0.15) is 0 Å². The van der Waals surface area contributed by atoms with Crippen molar-refractivity contribution in [1.82, 2.24) is 9.55 Å². The van der Waals surface area contributed by atoms with Crippen molar-refractivity contribution in [2.45, 2.75) is 6.54 Å². The molecule has 1 aromatic carbocycles. The molecule has 0 aliphatic heterocycles. The average Bonchev–Trinajstić information content (AvgIpc) is 2.96. The first-order valence-corrected chi connectivity index (χ1v) is 6.65. The summed E-state index contributed by atoms with van der Waals surface area (Å²) in [7, 11) is 0. The normalized spacial score (nSPS) is 9.55. The van der Waals surface area contributed by atoms with Crippen LogP contribution in [-0.2, 0) is 16.1 Å². The van der Waals surface area contributed by atoms with Crippen molar-refractivity contribution in [3.8, 4) is 5.75 Å². The highest BCUT2D eigenvalue weighted by atomic mass is 35.5. The summed E-state index contributed by atoms with van der Waals surface area (Å²) in [6.45, 7) is 1.31. The van der Waals surface area contributed by atoms with E-state index >= 15 is 0 Å². The van der Waals surface area contributed by atoms with Crippen molar-refractivity contribution >= 4 is 35.1 Å². The second kappa shape index (κ2) is 8.91. The molecule has 0 atom stereocenters. The number of halogens is 2. The van der Waals surface area contributed by atoms with E-state index < -0.39 is 11.9 Å². The lowest BCUT2D eigenvalue weighted by atomic mass is 10.3. The molecule has 118 valence electrons. The molecule has 1 heterocycles. The Bertz CT molecular complexity index is 619. The molecular formula is C13H12Cl2N2O5. The van der Waals surface area contributed by atoms with Crippen molar-refractivity contribution < 1.29 is 24.5 Å². The molecule has 7 nitrogen and oxygen atoms in total. The number of benzene rings is 1. The first kappa shape index (κ1) is 17.8.